The Balaban J connectivity index is 1.89. The number of pyridine rings is 2. The molecule has 3 aromatic rings. The van der Waals surface area contributed by atoms with Gasteiger partial charge in [0.2, 0.25) is 5.75 Å². The van der Waals surface area contributed by atoms with Gasteiger partial charge in [0, 0.05) is 25.1 Å². The largest absolute Gasteiger partial charge is 0.481 e. The third-order valence-corrected chi connectivity index (χ3v) is 3.60. The van der Waals surface area contributed by atoms with Crippen molar-refractivity contribution in [3.8, 4) is 11.4 Å². The van der Waals surface area contributed by atoms with E-state index in [4.69, 9.17) is 9.47 Å². The van der Waals surface area contributed by atoms with Crippen LogP contribution in [0.3, 0.4) is 0 Å². The summed E-state index contributed by atoms with van der Waals surface area (Å²) in [6.45, 7) is -0.116. The Hall–Kier alpha value is -3.86. The van der Waals surface area contributed by atoms with Crippen LogP contribution in [0.25, 0.3) is 5.69 Å². The van der Waals surface area contributed by atoms with Gasteiger partial charge >= 0.3 is 5.82 Å². The number of hydrogen-bond acceptors (Lipinski definition) is 8. The summed E-state index contributed by atoms with van der Waals surface area (Å²) >= 11 is 0. The molecular weight excluding hydrogens is 368 g/mol. The van der Waals surface area contributed by atoms with Crippen LogP contribution in [-0.4, -0.2) is 44.4 Å². The summed E-state index contributed by atoms with van der Waals surface area (Å²) in [7, 11) is 1.44. The lowest BCUT2D eigenvalue weighted by molar-refractivity contribution is -0.390. The SMILES string of the molecule is COCNC(=O)c1nn(-c2cccnc2)cc1COc1cccnc1[N+](=O)[O-]. The highest BCUT2D eigenvalue weighted by molar-refractivity contribution is 5.93. The van der Waals surface area contributed by atoms with Gasteiger partial charge in [0.05, 0.1) is 11.9 Å². The van der Waals surface area contributed by atoms with E-state index in [1.54, 1.807) is 30.7 Å². The minimum atomic E-state index is -0.638. The molecule has 3 heterocycles. The number of methoxy groups -OCH3 is 1. The molecule has 1 N–H and O–H groups in total. The number of nitrogens with zero attached hydrogens (tertiary/aromatic N) is 5. The summed E-state index contributed by atoms with van der Waals surface area (Å²) in [5.74, 6) is -0.888. The quantitative estimate of drug-likeness (QED) is 0.351. The third-order valence-electron chi connectivity index (χ3n) is 3.60. The monoisotopic (exact) mass is 384 g/mol. The molecule has 0 aliphatic carbocycles. The maximum Gasteiger partial charge on any atom is 0.406 e. The minimum absolute atomic E-state index is 0.00690. The molecule has 11 heteroatoms. The number of carbonyl (C=O) groups is 1. The molecule has 0 atom stereocenters. The van der Waals surface area contributed by atoms with Gasteiger partial charge in [-0.1, -0.05) is 0 Å². The van der Waals surface area contributed by atoms with E-state index < -0.39 is 16.6 Å². The zero-order valence-electron chi connectivity index (χ0n) is 14.8. The Morgan fingerprint density at radius 2 is 2.14 bits per heavy atom. The van der Waals surface area contributed by atoms with Gasteiger partial charge in [-0.25, -0.2) is 4.68 Å². The van der Waals surface area contributed by atoms with Crippen LogP contribution in [0, 0.1) is 10.1 Å². The van der Waals surface area contributed by atoms with Crippen LogP contribution in [0.2, 0.25) is 0 Å². The second-order valence-corrected chi connectivity index (χ2v) is 5.47. The second-order valence-electron chi connectivity index (χ2n) is 5.47. The normalized spacial score (nSPS) is 10.5. The highest BCUT2D eigenvalue weighted by Gasteiger charge is 2.20. The van der Waals surface area contributed by atoms with Crippen molar-refractivity contribution in [2.45, 2.75) is 6.61 Å². The number of aromatic nitrogens is 4. The zero-order valence-corrected chi connectivity index (χ0v) is 14.8. The van der Waals surface area contributed by atoms with Crippen LogP contribution in [-0.2, 0) is 11.3 Å². The predicted octanol–water partition coefficient (Wildman–Crippen LogP) is 1.48. The molecule has 0 saturated heterocycles. The number of carbonyl (C=O) groups excluding carboxylic acids is 1. The molecule has 3 aromatic heterocycles. The van der Waals surface area contributed by atoms with Crippen LogP contribution in [0.5, 0.6) is 5.75 Å². The molecule has 28 heavy (non-hydrogen) atoms. The van der Waals surface area contributed by atoms with E-state index in [2.05, 4.69) is 20.4 Å². The van der Waals surface area contributed by atoms with Gasteiger partial charge in [-0.15, -0.1) is 0 Å². The summed E-state index contributed by atoms with van der Waals surface area (Å²) in [6.07, 6.45) is 6.10. The summed E-state index contributed by atoms with van der Waals surface area (Å²) in [4.78, 5) is 30.6. The van der Waals surface area contributed by atoms with Gasteiger partial charge in [0.25, 0.3) is 5.91 Å². The first kappa shape index (κ1) is 18.9. The predicted molar refractivity (Wildman–Crippen MR) is 95.9 cm³/mol. The van der Waals surface area contributed by atoms with Crippen LogP contribution >= 0.6 is 0 Å². The van der Waals surface area contributed by atoms with Gasteiger partial charge in [-0.3, -0.25) is 9.78 Å². The number of ether oxygens (including phenoxy) is 2. The second kappa shape index (κ2) is 8.68. The van der Waals surface area contributed by atoms with Gasteiger partial charge < -0.3 is 24.9 Å². The maximum atomic E-state index is 12.4. The van der Waals surface area contributed by atoms with Gasteiger partial charge in [-0.05, 0) is 34.2 Å². The molecule has 11 nitrogen and oxygen atoms in total. The summed E-state index contributed by atoms with van der Waals surface area (Å²) < 4.78 is 11.9. The van der Waals surface area contributed by atoms with Crippen molar-refractivity contribution in [3.05, 3.63) is 70.4 Å². The number of amides is 1. The Morgan fingerprint density at radius 1 is 1.32 bits per heavy atom. The fourth-order valence-electron chi connectivity index (χ4n) is 2.34. The minimum Gasteiger partial charge on any atom is -0.481 e. The molecule has 0 bridgehead atoms. The number of nitro groups is 1. The Morgan fingerprint density at radius 3 is 2.86 bits per heavy atom. The van der Waals surface area contributed by atoms with Gasteiger partial charge in [0.15, 0.2) is 5.69 Å². The third kappa shape index (κ3) is 4.27. The molecule has 0 aliphatic heterocycles. The fourth-order valence-corrected chi connectivity index (χ4v) is 2.34. The van der Waals surface area contributed by atoms with Crippen molar-refractivity contribution in [2.24, 2.45) is 0 Å². The van der Waals surface area contributed by atoms with Crippen molar-refractivity contribution in [2.75, 3.05) is 13.8 Å². The molecule has 1 amide bonds. The van der Waals surface area contributed by atoms with Crippen molar-refractivity contribution in [3.63, 3.8) is 0 Å². The lowest BCUT2D eigenvalue weighted by atomic mass is 10.2. The molecule has 0 aliphatic rings. The molecule has 0 aromatic carbocycles. The fraction of sp³-hybridized carbons (Fsp3) is 0.176. The number of hydrogen-bond donors (Lipinski definition) is 1. The summed E-state index contributed by atoms with van der Waals surface area (Å²) in [5, 5.41) is 17.9. The first-order chi connectivity index (χ1) is 13.6. The Labute approximate surface area is 159 Å². The van der Waals surface area contributed by atoms with E-state index in [1.165, 1.54) is 30.1 Å². The lowest BCUT2D eigenvalue weighted by Crippen LogP contribution is -2.27. The molecule has 0 unspecified atom stereocenters. The smallest absolute Gasteiger partial charge is 0.406 e. The van der Waals surface area contributed by atoms with Crippen molar-refractivity contribution in [1.82, 2.24) is 25.1 Å². The van der Waals surface area contributed by atoms with E-state index in [0.717, 1.165) is 0 Å². The maximum absolute atomic E-state index is 12.4. The van der Waals surface area contributed by atoms with Crippen LogP contribution < -0.4 is 10.1 Å². The number of rotatable bonds is 8. The summed E-state index contributed by atoms with van der Waals surface area (Å²) in [5.41, 5.74) is 1.17. The topological polar surface area (TPSA) is 134 Å². The first-order valence-corrected chi connectivity index (χ1v) is 8.08. The van der Waals surface area contributed by atoms with Gasteiger partial charge in [0.1, 0.15) is 19.5 Å². The van der Waals surface area contributed by atoms with E-state index >= 15 is 0 Å². The lowest BCUT2D eigenvalue weighted by Gasteiger charge is -2.06. The Kier molecular flexibility index (Phi) is 5.87. The van der Waals surface area contributed by atoms with E-state index in [0.29, 0.717) is 11.3 Å². The van der Waals surface area contributed by atoms with Gasteiger partial charge in [-0.2, -0.15) is 5.10 Å². The van der Waals surface area contributed by atoms with Crippen LogP contribution in [0.4, 0.5) is 5.82 Å². The highest BCUT2D eigenvalue weighted by atomic mass is 16.6. The van der Waals surface area contributed by atoms with E-state index in [1.807, 2.05) is 0 Å². The van der Waals surface area contributed by atoms with E-state index in [-0.39, 0.29) is 24.8 Å². The Bertz CT molecular complexity index is 975. The molecule has 0 fully saturated rings. The first-order valence-electron chi connectivity index (χ1n) is 8.08. The molecule has 144 valence electrons. The van der Waals surface area contributed by atoms with Crippen molar-refractivity contribution >= 4 is 11.7 Å². The molecule has 0 saturated carbocycles. The van der Waals surface area contributed by atoms with Crippen LogP contribution in [0.1, 0.15) is 16.1 Å². The average molecular weight is 384 g/mol. The van der Waals surface area contributed by atoms with Crippen molar-refractivity contribution in [1.29, 1.82) is 0 Å². The van der Waals surface area contributed by atoms with Crippen molar-refractivity contribution < 1.29 is 19.2 Å². The van der Waals surface area contributed by atoms with E-state index in [9.17, 15) is 14.9 Å². The van der Waals surface area contributed by atoms with Crippen LogP contribution in [0.15, 0.2) is 49.1 Å². The number of nitrogens with one attached hydrogen (secondary N) is 1. The highest BCUT2D eigenvalue weighted by Crippen LogP contribution is 2.24. The molecule has 3 rings (SSSR count). The average Bonchev–Trinajstić information content (AvgIpc) is 3.15. The molecule has 0 spiro atoms. The summed E-state index contributed by atoms with van der Waals surface area (Å²) in [6, 6.07) is 6.46. The molecule has 0 radical (unpaired) electrons. The molecular formula is C17H16N6O5. The zero-order chi connectivity index (χ0) is 19.9. The standard InChI is InChI=1S/C17H16N6O5/c1-27-11-20-17(24)15-12(9-22(21-15)13-4-2-6-18-8-13)10-28-14-5-3-7-19-16(14)23(25)26/h2-9H,10-11H2,1H3,(H,20,24).